The number of carbonyl (C=O) groups is 2. The molecule has 1 saturated heterocycles. The number of pyridine rings is 1. The third kappa shape index (κ3) is 4.28. The molecule has 0 aromatic carbocycles. The molecule has 1 fully saturated rings. The van der Waals surface area contributed by atoms with Crippen molar-refractivity contribution in [3.8, 4) is 6.07 Å². The van der Waals surface area contributed by atoms with Crippen molar-refractivity contribution >= 4 is 11.8 Å². The fraction of sp³-hybridized carbons (Fsp3) is 0.467. The Morgan fingerprint density at radius 1 is 1.57 bits per heavy atom. The summed E-state index contributed by atoms with van der Waals surface area (Å²) in [5.41, 5.74) is 0.934. The van der Waals surface area contributed by atoms with Crippen LogP contribution in [0.2, 0.25) is 0 Å². The fourth-order valence-corrected chi connectivity index (χ4v) is 2.37. The number of carbonyl (C=O) groups excluding carboxylic acids is 2. The summed E-state index contributed by atoms with van der Waals surface area (Å²) in [5.74, 6) is -0.206. The Bertz CT molecular complexity index is 528. The molecule has 6 nitrogen and oxygen atoms in total. The molecule has 1 atom stereocenters. The largest absolute Gasteiger partial charge is 0.355 e. The molecule has 0 saturated carbocycles. The van der Waals surface area contributed by atoms with Crippen LogP contribution < -0.4 is 5.32 Å². The van der Waals surface area contributed by atoms with Crippen LogP contribution in [0.5, 0.6) is 0 Å². The van der Waals surface area contributed by atoms with Gasteiger partial charge in [-0.05, 0) is 18.1 Å². The van der Waals surface area contributed by atoms with Gasteiger partial charge in [-0.15, -0.1) is 0 Å². The first kappa shape index (κ1) is 15.0. The second-order valence-corrected chi connectivity index (χ2v) is 5.07. The highest BCUT2D eigenvalue weighted by molar-refractivity contribution is 5.83. The Balaban J connectivity index is 2.02. The van der Waals surface area contributed by atoms with Crippen molar-refractivity contribution in [2.24, 2.45) is 5.92 Å². The third-order valence-corrected chi connectivity index (χ3v) is 3.52. The van der Waals surface area contributed by atoms with Crippen LogP contribution in [0.3, 0.4) is 0 Å². The molecule has 110 valence electrons. The summed E-state index contributed by atoms with van der Waals surface area (Å²) >= 11 is 0. The minimum atomic E-state index is -0.196. The van der Waals surface area contributed by atoms with Gasteiger partial charge in [-0.2, -0.15) is 5.26 Å². The molecule has 0 aliphatic carbocycles. The molecule has 0 bridgehead atoms. The van der Waals surface area contributed by atoms with Gasteiger partial charge < -0.3 is 10.2 Å². The van der Waals surface area contributed by atoms with Crippen LogP contribution in [0.15, 0.2) is 24.5 Å². The zero-order valence-electron chi connectivity index (χ0n) is 11.8. The van der Waals surface area contributed by atoms with Crippen molar-refractivity contribution in [2.75, 3.05) is 13.1 Å². The van der Waals surface area contributed by atoms with Gasteiger partial charge in [0.05, 0.1) is 18.4 Å². The summed E-state index contributed by atoms with van der Waals surface area (Å²) in [6.07, 6.45) is 4.65. The first-order chi connectivity index (χ1) is 10.2. The van der Waals surface area contributed by atoms with E-state index in [1.807, 2.05) is 12.1 Å². The number of hydrogen-bond donors (Lipinski definition) is 1. The van der Waals surface area contributed by atoms with E-state index >= 15 is 0 Å². The number of amides is 2. The van der Waals surface area contributed by atoms with Crippen molar-refractivity contribution in [3.63, 3.8) is 0 Å². The van der Waals surface area contributed by atoms with Crippen molar-refractivity contribution in [3.05, 3.63) is 30.1 Å². The van der Waals surface area contributed by atoms with Crippen LogP contribution in [0, 0.1) is 17.2 Å². The van der Waals surface area contributed by atoms with E-state index in [0.717, 1.165) is 5.56 Å². The molecule has 1 N–H and O–H groups in total. The Morgan fingerprint density at radius 3 is 3.05 bits per heavy atom. The van der Waals surface area contributed by atoms with Crippen LogP contribution in [-0.4, -0.2) is 34.8 Å². The van der Waals surface area contributed by atoms with E-state index in [1.165, 1.54) is 0 Å². The molecule has 1 unspecified atom stereocenters. The Labute approximate surface area is 123 Å². The van der Waals surface area contributed by atoms with Crippen LogP contribution in [0.25, 0.3) is 0 Å². The van der Waals surface area contributed by atoms with E-state index < -0.39 is 0 Å². The minimum Gasteiger partial charge on any atom is -0.355 e. The molecule has 0 spiro atoms. The summed E-state index contributed by atoms with van der Waals surface area (Å²) in [5, 5.41) is 11.5. The van der Waals surface area contributed by atoms with Gasteiger partial charge >= 0.3 is 0 Å². The molecule has 2 heterocycles. The van der Waals surface area contributed by atoms with Gasteiger partial charge in [0.25, 0.3) is 0 Å². The molecular weight excluding hydrogens is 268 g/mol. The summed E-state index contributed by atoms with van der Waals surface area (Å²) < 4.78 is 0. The van der Waals surface area contributed by atoms with E-state index in [1.54, 1.807) is 17.3 Å². The number of aromatic nitrogens is 1. The molecular formula is C15H18N4O2. The van der Waals surface area contributed by atoms with E-state index in [2.05, 4.69) is 16.4 Å². The lowest BCUT2D eigenvalue weighted by Crippen LogP contribution is -2.44. The molecule has 1 aromatic rings. The maximum Gasteiger partial charge on any atom is 0.227 e. The van der Waals surface area contributed by atoms with E-state index in [4.69, 9.17) is 5.26 Å². The first-order valence-electron chi connectivity index (χ1n) is 7.02. The van der Waals surface area contributed by atoms with Gasteiger partial charge in [0.1, 0.15) is 0 Å². The summed E-state index contributed by atoms with van der Waals surface area (Å²) in [4.78, 5) is 29.5. The maximum absolute atomic E-state index is 12.6. The lowest BCUT2D eigenvalue weighted by molar-refractivity contribution is -0.138. The molecule has 1 aliphatic heterocycles. The number of nitriles is 1. The topological polar surface area (TPSA) is 86.1 Å². The Morgan fingerprint density at radius 2 is 2.43 bits per heavy atom. The summed E-state index contributed by atoms with van der Waals surface area (Å²) in [7, 11) is 0. The highest BCUT2D eigenvalue weighted by Crippen LogP contribution is 2.16. The van der Waals surface area contributed by atoms with E-state index in [9.17, 15) is 9.59 Å². The summed E-state index contributed by atoms with van der Waals surface area (Å²) in [6.45, 7) is 1.22. The fourth-order valence-electron chi connectivity index (χ4n) is 2.37. The molecule has 1 aromatic heterocycles. The van der Waals surface area contributed by atoms with Crippen molar-refractivity contribution in [1.29, 1.82) is 5.26 Å². The monoisotopic (exact) mass is 286 g/mol. The van der Waals surface area contributed by atoms with Crippen molar-refractivity contribution < 1.29 is 9.59 Å². The third-order valence-electron chi connectivity index (χ3n) is 3.52. The highest BCUT2D eigenvalue weighted by atomic mass is 16.2. The van der Waals surface area contributed by atoms with Crippen LogP contribution in [-0.2, 0) is 16.1 Å². The average Bonchev–Trinajstić information content (AvgIpc) is 2.52. The molecule has 1 aliphatic rings. The Hall–Kier alpha value is -2.42. The predicted octanol–water partition coefficient (Wildman–Crippen LogP) is 0.850. The van der Waals surface area contributed by atoms with Gasteiger partial charge in [0.2, 0.25) is 11.8 Å². The van der Waals surface area contributed by atoms with Crippen molar-refractivity contribution in [2.45, 2.75) is 25.8 Å². The normalized spacial score (nSPS) is 17.7. The number of rotatable bonds is 5. The van der Waals surface area contributed by atoms with Gasteiger partial charge in [0, 0.05) is 38.4 Å². The number of nitrogens with one attached hydrogen (secondary N) is 1. The van der Waals surface area contributed by atoms with E-state index in [0.29, 0.717) is 38.9 Å². The quantitative estimate of drug-likeness (QED) is 0.869. The first-order valence-corrected chi connectivity index (χ1v) is 7.02. The zero-order chi connectivity index (χ0) is 15.1. The second kappa shape index (κ2) is 7.39. The Kier molecular flexibility index (Phi) is 5.27. The molecule has 21 heavy (non-hydrogen) atoms. The lowest BCUT2D eigenvalue weighted by Gasteiger charge is -2.29. The number of hydrogen-bond acceptors (Lipinski definition) is 4. The highest BCUT2D eigenvalue weighted by Gasteiger charge is 2.28. The van der Waals surface area contributed by atoms with E-state index in [-0.39, 0.29) is 17.7 Å². The van der Waals surface area contributed by atoms with Crippen LogP contribution >= 0.6 is 0 Å². The SMILES string of the molecule is N#CCCN(Cc1cccnc1)C(=O)C1CCC(=O)NC1. The molecule has 2 rings (SSSR count). The van der Waals surface area contributed by atoms with Crippen molar-refractivity contribution in [1.82, 2.24) is 15.2 Å². The smallest absolute Gasteiger partial charge is 0.227 e. The number of nitrogens with zero attached hydrogens (tertiary/aromatic N) is 3. The minimum absolute atomic E-state index is 0.00474. The lowest BCUT2D eigenvalue weighted by atomic mass is 9.97. The molecule has 0 radical (unpaired) electrons. The summed E-state index contributed by atoms with van der Waals surface area (Å²) in [6, 6.07) is 5.80. The van der Waals surface area contributed by atoms with Crippen LogP contribution in [0.1, 0.15) is 24.8 Å². The predicted molar refractivity (Wildman–Crippen MR) is 75.6 cm³/mol. The molecule has 2 amide bonds. The molecule has 6 heteroatoms. The van der Waals surface area contributed by atoms with Gasteiger partial charge in [-0.1, -0.05) is 6.07 Å². The van der Waals surface area contributed by atoms with Crippen LogP contribution in [0.4, 0.5) is 0 Å². The maximum atomic E-state index is 12.6. The van der Waals surface area contributed by atoms with Gasteiger partial charge in [-0.25, -0.2) is 0 Å². The number of piperidine rings is 1. The second-order valence-electron chi connectivity index (χ2n) is 5.07. The zero-order valence-corrected chi connectivity index (χ0v) is 11.8. The average molecular weight is 286 g/mol. The van der Waals surface area contributed by atoms with Gasteiger partial charge in [-0.3, -0.25) is 14.6 Å². The standard InChI is InChI=1S/C15H18N4O2/c16-6-2-8-19(11-12-3-1-7-17-9-12)15(21)13-4-5-14(20)18-10-13/h1,3,7,9,13H,2,4-5,8,10-11H2,(H,18,20). The van der Waals surface area contributed by atoms with Gasteiger partial charge in [0.15, 0.2) is 0 Å².